The number of hydrogen-bond donors (Lipinski definition) is 1. The van der Waals surface area contributed by atoms with Crippen LogP contribution in [0.3, 0.4) is 0 Å². The summed E-state index contributed by atoms with van der Waals surface area (Å²) in [5.74, 6) is 0. The van der Waals surface area contributed by atoms with Crippen molar-refractivity contribution in [2.24, 2.45) is 0 Å². The van der Waals surface area contributed by atoms with Gasteiger partial charge in [0, 0.05) is 30.7 Å². The van der Waals surface area contributed by atoms with Gasteiger partial charge in [-0.2, -0.15) is 0 Å². The second-order valence-electron chi connectivity index (χ2n) is 6.42. The molecular weight excluding hydrogens is 322 g/mol. The molecule has 0 saturated carbocycles. The van der Waals surface area contributed by atoms with Crippen LogP contribution in [-0.4, -0.2) is 27.5 Å². The summed E-state index contributed by atoms with van der Waals surface area (Å²) in [5.41, 5.74) is 3.09. The van der Waals surface area contributed by atoms with Gasteiger partial charge in [-0.25, -0.2) is 4.79 Å². The minimum Gasteiger partial charge on any atom is -0.306 e. The molecule has 0 bridgehead atoms. The summed E-state index contributed by atoms with van der Waals surface area (Å²) >= 11 is 6.26. The fourth-order valence-corrected chi connectivity index (χ4v) is 3.84. The van der Waals surface area contributed by atoms with Gasteiger partial charge in [0.1, 0.15) is 0 Å². The number of halogens is 1. The van der Waals surface area contributed by atoms with Crippen molar-refractivity contribution in [2.75, 3.05) is 13.1 Å². The van der Waals surface area contributed by atoms with E-state index in [-0.39, 0.29) is 11.7 Å². The predicted molar refractivity (Wildman–Crippen MR) is 97.6 cm³/mol. The molecule has 4 rings (SSSR count). The Hall–Kier alpha value is -2.04. The summed E-state index contributed by atoms with van der Waals surface area (Å²) < 4.78 is 1.93. The van der Waals surface area contributed by atoms with Gasteiger partial charge in [-0.1, -0.05) is 41.9 Å². The molecule has 0 radical (unpaired) electrons. The monoisotopic (exact) mass is 341 g/mol. The molecule has 1 aliphatic rings. The topological polar surface area (TPSA) is 41.0 Å². The van der Waals surface area contributed by atoms with Gasteiger partial charge < -0.3 is 4.98 Å². The number of fused-ring (bicyclic) bond motifs is 1. The van der Waals surface area contributed by atoms with Crippen molar-refractivity contribution < 1.29 is 0 Å². The standard InChI is InChI=1S/C19H20ClN3O/c20-16-6-2-1-5-14(16)13-22-11-9-15(10-12-22)23-18-8-4-3-7-17(18)21-19(23)24/h1-8,15H,9-13H2,(H,21,24). The maximum absolute atomic E-state index is 12.3. The average Bonchev–Trinajstić information content (AvgIpc) is 2.93. The number of hydrogen-bond acceptors (Lipinski definition) is 2. The molecule has 0 amide bonds. The van der Waals surface area contributed by atoms with Gasteiger partial charge in [0.2, 0.25) is 0 Å². The number of nitrogens with one attached hydrogen (secondary N) is 1. The van der Waals surface area contributed by atoms with Crippen LogP contribution in [0.25, 0.3) is 11.0 Å². The maximum Gasteiger partial charge on any atom is 0.326 e. The van der Waals surface area contributed by atoms with Crippen molar-refractivity contribution in [2.45, 2.75) is 25.4 Å². The lowest BCUT2D eigenvalue weighted by molar-refractivity contribution is 0.180. The fourth-order valence-electron chi connectivity index (χ4n) is 3.64. The number of likely N-dealkylation sites (tertiary alicyclic amines) is 1. The number of aromatic nitrogens is 2. The molecule has 0 spiro atoms. The normalized spacial score (nSPS) is 16.7. The van der Waals surface area contributed by atoms with Gasteiger partial charge in [0.15, 0.2) is 0 Å². The van der Waals surface area contributed by atoms with E-state index in [2.05, 4.69) is 16.0 Å². The van der Waals surface area contributed by atoms with Crippen LogP contribution in [0.1, 0.15) is 24.4 Å². The smallest absolute Gasteiger partial charge is 0.306 e. The average molecular weight is 342 g/mol. The lowest BCUT2D eigenvalue weighted by Crippen LogP contribution is -2.36. The highest BCUT2D eigenvalue weighted by atomic mass is 35.5. The van der Waals surface area contributed by atoms with Gasteiger partial charge in [-0.15, -0.1) is 0 Å². The van der Waals surface area contributed by atoms with Crippen LogP contribution in [0, 0.1) is 0 Å². The van der Waals surface area contributed by atoms with Crippen LogP contribution >= 0.6 is 11.6 Å². The van der Waals surface area contributed by atoms with Gasteiger partial charge in [0.05, 0.1) is 11.0 Å². The van der Waals surface area contributed by atoms with Gasteiger partial charge in [-0.05, 0) is 36.6 Å². The van der Waals surface area contributed by atoms with Crippen molar-refractivity contribution in [1.29, 1.82) is 0 Å². The molecule has 0 aliphatic carbocycles. The second-order valence-corrected chi connectivity index (χ2v) is 6.82. The molecule has 1 aliphatic heterocycles. The number of benzene rings is 2. The molecule has 124 valence electrons. The van der Waals surface area contributed by atoms with Crippen molar-refractivity contribution in [3.8, 4) is 0 Å². The Morgan fingerprint density at radius 1 is 1.04 bits per heavy atom. The minimum atomic E-state index is 0.000698. The molecule has 1 saturated heterocycles. The van der Waals surface area contributed by atoms with E-state index < -0.39 is 0 Å². The van der Waals surface area contributed by atoms with Gasteiger partial charge in [0.25, 0.3) is 0 Å². The zero-order valence-electron chi connectivity index (χ0n) is 13.4. The summed E-state index contributed by atoms with van der Waals surface area (Å²) in [6.07, 6.45) is 1.96. The Morgan fingerprint density at radius 3 is 2.54 bits per heavy atom. The molecule has 4 nitrogen and oxygen atoms in total. The number of aromatic amines is 1. The van der Waals surface area contributed by atoms with E-state index in [0.717, 1.165) is 48.5 Å². The predicted octanol–water partition coefficient (Wildman–Crippen LogP) is 3.82. The molecule has 2 aromatic carbocycles. The van der Waals surface area contributed by atoms with E-state index in [4.69, 9.17) is 11.6 Å². The highest BCUT2D eigenvalue weighted by Crippen LogP contribution is 2.26. The third-order valence-corrected chi connectivity index (χ3v) is 5.27. The molecule has 2 heterocycles. The number of imidazole rings is 1. The van der Waals surface area contributed by atoms with E-state index in [1.54, 1.807) is 0 Å². The van der Waals surface area contributed by atoms with E-state index >= 15 is 0 Å². The molecule has 1 N–H and O–H groups in total. The first-order chi connectivity index (χ1) is 11.7. The van der Waals surface area contributed by atoms with Crippen molar-refractivity contribution in [1.82, 2.24) is 14.5 Å². The van der Waals surface area contributed by atoms with E-state index in [9.17, 15) is 4.79 Å². The molecule has 24 heavy (non-hydrogen) atoms. The Kier molecular flexibility index (Phi) is 4.17. The third-order valence-electron chi connectivity index (χ3n) is 4.90. The molecule has 3 aromatic rings. The lowest BCUT2D eigenvalue weighted by Gasteiger charge is -2.32. The van der Waals surface area contributed by atoms with Crippen molar-refractivity contribution >= 4 is 22.6 Å². The van der Waals surface area contributed by atoms with Crippen LogP contribution in [0.15, 0.2) is 53.3 Å². The zero-order chi connectivity index (χ0) is 16.5. The molecule has 1 fully saturated rings. The van der Waals surface area contributed by atoms with Gasteiger partial charge in [-0.3, -0.25) is 9.47 Å². The Balaban J connectivity index is 1.49. The Labute approximate surface area is 145 Å². The summed E-state index contributed by atoms with van der Waals surface area (Å²) in [7, 11) is 0. The quantitative estimate of drug-likeness (QED) is 0.786. The van der Waals surface area contributed by atoms with Crippen molar-refractivity contribution in [3.05, 3.63) is 69.6 Å². The molecular formula is C19H20ClN3O. The highest BCUT2D eigenvalue weighted by molar-refractivity contribution is 6.31. The van der Waals surface area contributed by atoms with Crippen LogP contribution in [-0.2, 0) is 6.54 Å². The highest BCUT2D eigenvalue weighted by Gasteiger charge is 2.23. The molecule has 5 heteroatoms. The third kappa shape index (κ3) is 2.87. The van der Waals surface area contributed by atoms with Crippen LogP contribution in [0.2, 0.25) is 5.02 Å². The van der Waals surface area contributed by atoms with Gasteiger partial charge >= 0.3 is 5.69 Å². The number of H-pyrrole nitrogens is 1. The summed E-state index contributed by atoms with van der Waals surface area (Å²) in [6, 6.07) is 16.2. The van der Waals surface area contributed by atoms with Crippen molar-refractivity contribution in [3.63, 3.8) is 0 Å². The Bertz CT molecular complexity index is 906. The number of rotatable bonds is 3. The first-order valence-electron chi connectivity index (χ1n) is 8.37. The number of nitrogens with zero attached hydrogens (tertiary/aromatic N) is 2. The van der Waals surface area contributed by atoms with Crippen LogP contribution in [0.4, 0.5) is 0 Å². The first kappa shape index (κ1) is 15.5. The first-order valence-corrected chi connectivity index (χ1v) is 8.75. The van der Waals surface area contributed by atoms with E-state index in [1.807, 2.05) is 47.0 Å². The Morgan fingerprint density at radius 2 is 1.75 bits per heavy atom. The van der Waals surface area contributed by atoms with E-state index in [0.29, 0.717) is 0 Å². The maximum atomic E-state index is 12.3. The fraction of sp³-hybridized carbons (Fsp3) is 0.316. The molecule has 1 aromatic heterocycles. The summed E-state index contributed by atoms with van der Waals surface area (Å²) in [4.78, 5) is 17.7. The number of piperidine rings is 1. The SMILES string of the molecule is O=c1[nH]c2ccccc2n1C1CCN(Cc2ccccc2Cl)CC1. The van der Waals surface area contributed by atoms with E-state index in [1.165, 1.54) is 5.56 Å². The second kappa shape index (κ2) is 6.46. The number of para-hydroxylation sites is 2. The molecule has 0 unspecified atom stereocenters. The lowest BCUT2D eigenvalue weighted by atomic mass is 10.0. The van der Waals surface area contributed by atoms with Crippen LogP contribution in [0.5, 0.6) is 0 Å². The summed E-state index contributed by atoms with van der Waals surface area (Å²) in [5, 5.41) is 0.826. The summed E-state index contributed by atoms with van der Waals surface area (Å²) in [6.45, 7) is 2.82. The largest absolute Gasteiger partial charge is 0.326 e. The van der Waals surface area contributed by atoms with Crippen LogP contribution < -0.4 is 5.69 Å². The molecule has 0 atom stereocenters. The zero-order valence-corrected chi connectivity index (χ0v) is 14.2. The minimum absolute atomic E-state index is 0.000698.